The number of ketones is 1. The molecular formula is C20H12BrClN2O3. The normalized spacial score (nSPS) is 10.9. The van der Waals surface area contributed by atoms with Gasteiger partial charge in [-0.1, -0.05) is 39.7 Å². The van der Waals surface area contributed by atoms with Crippen LogP contribution in [-0.4, -0.2) is 16.9 Å². The molecule has 3 rings (SSSR count). The Bertz CT molecular complexity index is 1050. The van der Waals surface area contributed by atoms with Gasteiger partial charge in [0.1, 0.15) is 0 Å². The van der Waals surface area contributed by atoms with Gasteiger partial charge >= 0.3 is 0 Å². The average Bonchev–Trinajstić information content (AvgIpc) is 2.67. The Labute approximate surface area is 168 Å². The Morgan fingerprint density at radius 3 is 2.41 bits per heavy atom. The zero-order valence-electron chi connectivity index (χ0n) is 13.8. The molecule has 5 nitrogen and oxygen atoms in total. The zero-order valence-corrected chi connectivity index (χ0v) is 16.1. The maximum atomic E-state index is 12.9. The summed E-state index contributed by atoms with van der Waals surface area (Å²) in [6, 6.07) is 18.0. The smallest absolute Gasteiger partial charge is 0.269 e. The second-order valence-electron chi connectivity index (χ2n) is 5.58. The van der Waals surface area contributed by atoms with Crippen LogP contribution in [0, 0.1) is 10.1 Å². The third-order valence-corrected chi connectivity index (χ3v) is 4.60. The van der Waals surface area contributed by atoms with Gasteiger partial charge in [-0.25, -0.2) is 0 Å². The molecule has 0 radical (unpaired) electrons. The van der Waals surface area contributed by atoms with Crippen LogP contribution in [0.4, 0.5) is 11.4 Å². The van der Waals surface area contributed by atoms with Crippen LogP contribution in [0.1, 0.15) is 21.5 Å². The molecule has 3 aromatic carbocycles. The van der Waals surface area contributed by atoms with E-state index in [1.807, 2.05) is 0 Å². The highest BCUT2D eigenvalue weighted by Gasteiger charge is 2.16. The first kappa shape index (κ1) is 18.9. The van der Waals surface area contributed by atoms with Gasteiger partial charge in [0.25, 0.3) is 5.69 Å². The summed E-state index contributed by atoms with van der Waals surface area (Å²) < 4.78 is 0.743. The Kier molecular flexibility index (Phi) is 5.78. The first-order valence-corrected chi connectivity index (χ1v) is 9.00. The average molecular weight is 444 g/mol. The number of nitro groups is 1. The monoisotopic (exact) mass is 442 g/mol. The number of hydrogen-bond acceptors (Lipinski definition) is 4. The predicted octanol–water partition coefficient (Wildman–Crippen LogP) is 5.99. The fraction of sp³-hybridized carbons (Fsp3) is 0. The van der Waals surface area contributed by atoms with E-state index in [9.17, 15) is 14.9 Å². The van der Waals surface area contributed by atoms with Gasteiger partial charge in [0.05, 0.1) is 15.6 Å². The molecule has 0 atom stereocenters. The van der Waals surface area contributed by atoms with Gasteiger partial charge < -0.3 is 0 Å². The number of non-ortho nitro benzene ring substituents is 1. The summed E-state index contributed by atoms with van der Waals surface area (Å²) in [5.41, 5.74) is 1.95. The summed E-state index contributed by atoms with van der Waals surface area (Å²) in [7, 11) is 0. The minimum absolute atomic E-state index is 0.00498. The quantitative estimate of drug-likeness (QED) is 0.210. The summed E-state index contributed by atoms with van der Waals surface area (Å²) in [6.45, 7) is 0. The molecule has 0 amide bonds. The fourth-order valence-electron chi connectivity index (χ4n) is 2.42. The van der Waals surface area contributed by atoms with Crippen molar-refractivity contribution in [2.75, 3.05) is 0 Å². The van der Waals surface area contributed by atoms with Gasteiger partial charge in [-0.15, -0.1) is 0 Å². The van der Waals surface area contributed by atoms with Crippen LogP contribution in [0.25, 0.3) is 0 Å². The second kappa shape index (κ2) is 8.24. The van der Waals surface area contributed by atoms with Gasteiger partial charge in [-0.05, 0) is 48.0 Å². The van der Waals surface area contributed by atoms with Crippen LogP contribution in [0.5, 0.6) is 0 Å². The molecule has 0 aliphatic rings. The Balaban J connectivity index is 1.96. The first-order valence-electron chi connectivity index (χ1n) is 7.83. The molecule has 0 bridgehead atoms. The molecule has 0 aliphatic heterocycles. The van der Waals surface area contributed by atoms with Crippen LogP contribution in [0.2, 0.25) is 5.02 Å². The number of hydrogen-bond donors (Lipinski definition) is 0. The number of nitrogens with zero attached hydrogens (tertiary/aromatic N) is 2. The molecule has 27 heavy (non-hydrogen) atoms. The van der Waals surface area contributed by atoms with Crippen molar-refractivity contribution in [3.8, 4) is 0 Å². The molecule has 0 saturated carbocycles. The third-order valence-electron chi connectivity index (χ3n) is 3.78. The third kappa shape index (κ3) is 4.48. The summed E-state index contributed by atoms with van der Waals surface area (Å²) in [4.78, 5) is 27.6. The van der Waals surface area contributed by atoms with Crippen molar-refractivity contribution < 1.29 is 9.72 Å². The minimum Gasteiger partial charge on any atom is -0.288 e. The van der Waals surface area contributed by atoms with Gasteiger partial charge in [0.15, 0.2) is 5.78 Å². The molecule has 0 heterocycles. The molecule has 7 heteroatoms. The molecule has 0 unspecified atom stereocenters. The maximum Gasteiger partial charge on any atom is 0.269 e. The van der Waals surface area contributed by atoms with Gasteiger partial charge in [-0.3, -0.25) is 19.9 Å². The number of carbonyl (C=O) groups excluding carboxylic acids is 1. The Hall–Kier alpha value is -2.83. The van der Waals surface area contributed by atoms with Crippen molar-refractivity contribution in [2.45, 2.75) is 0 Å². The second-order valence-corrected chi connectivity index (χ2v) is 6.90. The van der Waals surface area contributed by atoms with Gasteiger partial charge in [0.2, 0.25) is 0 Å². The standard InChI is InChI=1S/C20H12BrClN2O3/c21-14-7-10-19(23-12-13-5-8-15(9-6-13)24(26)27)17(11-14)20(25)16-3-1-2-4-18(16)22/h1-12H. The highest BCUT2D eigenvalue weighted by molar-refractivity contribution is 9.10. The summed E-state index contributed by atoms with van der Waals surface area (Å²) in [5, 5.41) is 11.1. The zero-order chi connectivity index (χ0) is 19.4. The molecular weight excluding hydrogens is 432 g/mol. The van der Waals surface area contributed by atoms with Crippen LogP contribution < -0.4 is 0 Å². The van der Waals surface area contributed by atoms with E-state index in [4.69, 9.17) is 11.6 Å². The molecule has 0 N–H and O–H groups in total. The number of halogens is 2. The van der Waals surface area contributed by atoms with Crippen molar-refractivity contribution in [1.82, 2.24) is 0 Å². The minimum atomic E-state index is -0.462. The highest BCUT2D eigenvalue weighted by atomic mass is 79.9. The van der Waals surface area contributed by atoms with Crippen molar-refractivity contribution >= 4 is 50.9 Å². The molecule has 0 spiro atoms. The van der Waals surface area contributed by atoms with Crippen molar-refractivity contribution in [3.05, 3.63) is 103 Å². The van der Waals surface area contributed by atoms with E-state index in [1.54, 1.807) is 60.8 Å². The topological polar surface area (TPSA) is 72.6 Å². The van der Waals surface area contributed by atoms with Crippen LogP contribution in [0.3, 0.4) is 0 Å². The fourth-order valence-corrected chi connectivity index (χ4v) is 3.00. The SMILES string of the molecule is O=C(c1ccccc1Cl)c1cc(Br)ccc1N=Cc1ccc([N+](=O)[O-])cc1. The van der Waals surface area contributed by atoms with Crippen LogP contribution in [0.15, 0.2) is 76.2 Å². The van der Waals surface area contributed by atoms with Crippen molar-refractivity contribution in [2.24, 2.45) is 4.99 Å². The number of benzene rings is 3. The lowest BCUT2D eigenvalue weighted by Crippen LogP contribution is -2.02. The number of nitro benzene ring substituents is 1. The summed E-state index contributed by atoms with van der Waals surface area (Å²) in [5.74, 6) is -0.238. The lowest BCUT2D eigenvalue weighted by atomic mass is 10.0. The Morgan fingerprint density at radius 1 is 1.04 bits per heavy atom. The highest BCUT2D eigenvalue weighted by Crippen LogP contribution is 2.28. The van der Waals surface area contributed by atoms with E-state index in [0.29, 0.717) is 27.4 Å². The van der Waals surface area contributed by atoms with E-state index >= 15 is 0 Å². The number of aliphatic imine (C=N–C) groups is 1. The van der Waals surface area contributed by atoms with Crippen molar-refractivity contribution in [1.29, 1.82) is 0 Å². The van der Waals surface area contributed by atoms with Crippen molar-refractivity contribution in [3.63, 3.8) is 0 Å². The number of carbonyl (C=O) groups is 1. The Morgan fingerprint density at radius 2 is 1.74 bits per heavy atom. The molecule has 0 aromatic heterocycles. The molecule has 0 saturated heterocycles. The van der Waals surface area contributed by atoms with E-state index in [0.717, 1.165) is 4.47 Å². The van der Waals surface area contributed by atoms with E-state index in [1.165, 1.54) is 12.1 Å². The van der Waals surface area contributed by atoms with Gasteiger partial charge in [-0.2, -0.15) is 0 Å². The van der Waals surface area contributed by atoms with Gasteiger partial charge in [0, 0.05) is 33.9 Å². The molecule has 3 aromatic rings. The molecule has 0 fully saturated rings. The molecule has 134 valence electrons. The van der Waals surface area contributed by atoms with Crippen LogP contribution >= 0.6 is 27.5 Å². The lowest BCUT2D eigenvalue weighted by Gasteiger charge is -2.07. The summed E-state index contributed by atoms with van der Waals surface area (Å²) in [6.07, 6.45) is 1.55. The maximum absolute atomic E-state index is 12.9. The van der Waals surface area contributed by atoms with E-state index in [-0.39, 0.29) is 11.5 Å². The van der Waals surface area contributed by atoms with E-state index < -0.39 is 4.92 Å². The largest absolute Gasteiger partial charge is 0.288 e. The lowest BCUT2D eigenvalue weighted by molar-refractivity contribution is -0.384. The number of rotatable bonds is 5. The first-order chi connectivity index (χ1) is 13.0. The van der Waals surface area contributed by atoms with Crippen LogP contribution in [-0.2, 0) is 0 Å². The summed E-state index contributed by atoms with van der Waals surface area (Å²) >= 11 is 9.52. The molecule has 0 aliphatic carbocycles. The van der Waals surface area contributed by atoms with E-state index in [2.05, 4.69) is 20.9 Å². The predicted molar refractivity (Wildman–Crippen MR) is 109 cm³/mol.